The normalized spacial score (nSPS) is 23.5. The summed E-state index contributed by atoms with van der Waals surface area (Å²) in [7, 11) is 0. The zero-order valence-electron chi connectivity index (χ0n) is 24.1. The second-order valence-electron chi connectivity index (χ2n) is 11.4. The SMILES string of the molecule is CC(COCN1[C@H](C)CCC[C@@H]1C)Nc1ccc2c(c1)Sc1cccc(C3CN(c4cc[nH]c(=O)c4)CCO3)c1S2. The van der Waals surface area contributed by atoms with E-state index in [2.05, 4.69) is 77.3 Å². The van der Waals surface area contributed by atoms with Gasteiger partial charge in [0, 0.05) is 74.4 Å². The molecule has 9 heteroatoms. The highest BCUT2D eigenvalue weighted by Gasteiger charge is 2.29. The van der Waals surface area contributed by atoms with Crippen molar-refractivity contribution in [2.24, 2.45) is 0 Å². The van der Waals surface area contributed by atoms with Crippen molar-refractivity contribution in [3.63, 3.8) is 0 Å². The van der Waals surface area contributed by atoms with E-state index in [0.29, 0.717) is 32.0 Å². The Balaban J connectivity index is 1.09. The Kier molecular flexibility index (Phi) is 8.98. The predicted octanol–water partition coefficient (Wildman–Crippen LogP) is 6.61. The minimum Gasteiger partial charge on any atom is -0.380 e. The van der Waals surface area contributed by atoms with Crippen molar-refractivity contribution in [2.75, 3.05) is 43.3 Å². The zero-order chi connectivity index (χ0) is 28.3. The van der Waals surface area contributed by atoms with Gasteiger partial charge in [-0.1, -0.05) is 42.1 Å². The van der Waals surface area contributed by atoms with E-state index in [1.54, 1.807) is 12.3 Å². The Bertz CT molecular complexity index is 1410. The fourth-order valence-electron chi connectivity index (χ4n) is 6.06. The van der Waals surface area contributed by atoms with Crippen LogP contribution in [0.5, 0.6) is 0 Å². The van der Waals surface area contributed by atoms with Crippen LogP contribution in [0.15, 0.2) is 79.1 Å². The second kappa shape index (κ2) is 12.8. The van der Waals surface area contributed by atoms with E-state index in [4.69, 9.17) is 9.47 Å². The fourth-order valence-corrected chi connectivity index (χ4v) is 8.51. The number of H-pyrrole nitrogens is 1. The monoisotopic (exact) mass is 592 g/mol. The van der Waals surface area contributed by atoms with E-state index in [-0.39, 0.29) is 17.7 Å². The van der Waals surface area contributed by atoms with Gasteiger partial charge >= 0.3 is 0 Å². The Labute approximate surface area is 251 Å². The summed E-state index contributed by atoms with van der Waals surface area (Å²) in [6.07, 6.45) is 5.51. The first kappa shape index (κ1) is 28.7. The maximum Gasteiger partial charge on any atom is 0.249 e. The van der Waals surface area contributed by atoms with Gasteiger partial charge in [0.2, 0.25) is 5.56 Å². The van der Waals surface area contributed by atoms with Crippen molar-refractivity contribution in [3.8, 4) is 0 Å². The Morgan fingerprint density at radius 1 is 1.07 bits per heavy atom. The van der Waals surface area contributed by atoms with E-state index in [9.17, 15) is 4.79 Å². The lowest BCUT2D eigenvalue weighted by Gasteiger charge is -2.38. The molecule has 3 aliphatic heterocycles. The molecule has 0 saturated carbocycles. The molecular weight excluding hydrogens is 553 g/mol. The minimum atomic E-state index is -0.0799. The number of fused-ring (bicyclic) bond motifs is 2. The number of pyridine rings is 1. The van der Waals surface area contributed by atoms with E-state index >= 15 is 0 Å². The Morgan fingerprint density at radius 3 is 2.76 bits per heavy atom. The lowest BCUT2D eigenvalue weighted by Crippen LogP contribution is -2.45. The van der Waals surface area contributed by atoms with Crippen molar-refractivity contribution in [2.45, 2.75) is 83.8 Å². The number of likely N-dealkylation sites (tertiary alicyclic amines) is 1. The van der Waals surface area contributed by atoms with Crippen LogP contribution >= 0.6 is 23.5 Å². The largest absolute Gasteiger partial charge is 0.380 e. The highest BCUT2D eigenvalue weighted by molar-refractivity contribution is 8.05. The lowest BCUT2D eigenvalue weighted by molar-refractivity contribution is -0.0318. The number of ether oxygens (including phenoxy) is 2. The molecule has 0 spiro atoms. The third-order valence-corrected chi connectivity index (χ3v) is 10.9. The summed E-state index contributed by atoms with van der Waals surface area (Å²) in [5, 5.41) is 3.65. The Morgan fingerprint density at radius 2 is 1.93 bits per heavy atom. The van der Waals surface area contributed by atoms with E-state index < -0.39 is 0 Å². The second-order valence-corrected chi connectivity index (χ2v) is 13.6. The molecule has 1 aromatic heterocycles. The summed E-state index contributed by atoms with van der Waals surface area (Å²) in [6.45, 7) is 10.3. The lowest BCUT2D eigenvalue weighted by atomic mass is 9.98. The van der Waals surface area contributed by atoms with E-state index in [0.717, 1.165) is 24.5 Å². The first-order valence-electron chi connectivity index (χ1n) is 14.7. The highest BCUT2D eigenvalue weighted by atomic mass is 32.2. The molecule has 3 aromatic rings. The molecule has 4 heterocycles. The smallest absolute Gasteiger partial charge is 0.249 e. The molecule has 2 aromatic carbocycles. The maximum atomic E-state index is 11.9. The number of aromatic nitrogens is 1. The zero-order valence-corrected chi connectivity index (χ0v) is 25.7. The number of piperidine rings is 1. The average molecular weight is 593 g/mol. The minimum absolute atomic E-state index is 0.0506. The maximum absolute atomic E-state index is 11.9. The summed E-state index contributed by atoms with van der Waals surface area (Å²) in [5.74, 6) is 0. The Hall–Kier alpha value is -2.43. The molecule has 0 aliphatic carbocycles. The molecule has 0 bridgehead atoms. The number of hydrogen-bond donors (Lipinski definition) is 2. The van der Waals surface area contributed by atoms with Crippen LogP contribution in [0, 0.1) is 0 Å². The molecule has 2 fully saturated rings. The van der Waals surface area contributed by atoms with Crippen molar-refractivity contribution in [3.05, 3.63) is 70.6 Å². The van der Waals surface area contributed by atoms with Gasteiger partial charge in [0.15, 0.2) is 0 Å². The molecular formula is C32H40N4O3S2. The number of aromatic amines is 1. The third kappa shape index (κ3) is 6.65. The van der Waals surface area contributed by atoms with Crippen LogP contribution in [0.4, 0.5) is 11.4 Å². The van der Waals surface area contributed by atoms with Gasteiger partial charge in [-0.25, -0.2) is 0 Å². The van der Waals surface area contributed by atoms with Gasteiger partial charge in [-0.3, -0.25) is 9.69 Å². The fraction of sp³-hybridized carbons (Fsp3) is 0.469. The van der Waals surface area contributed by atoms with Crippen molar-refractivity contribution in [1.29, 1.82) is 0 Å². The summed E-state index contributed by atoms with van der Waals surface area (Å²) < 4.78 is 12.4. The molecule has 2 N–H and O–H groups in total. The molecule has 2 unspecified atom stereocenters. The van der Waals surface area contributed by atoms with Crippen molar-refractivity contribution < 1.29 is 9.47 Å². The van der Waals surface area contributed by atoms with Crippen LogP contribution < -0.4 is 15.8 Å². The third-order valence-electron chi connectivity index (χ3n) is 8.32. The topological polar surface area (TPSA) is 69.8 Å². The van der Waals surface area contributed by atoms with Crippen LogP contribution in [0.2, 0.25) is 0 Å². The molecule has 6 rings (SSSR count). The number of nitrogens with one attached hydrogen (secondary N) is 2. The van der Waals surface area contributed by atoms with Crippen LogP contribution in [0.3, 0.4) is 0 Å². The van der Waals surface area contributed by atoms with Gasteiger partial charge in [0.25, 0.3) is 0 Å². The number of nitrogens with zero attached hydrogens (tertiary/aromatic N) is 2. The molecule has 41 heavy (non-hydrogen) atoms. The van der Waals surface area contributed by atoms with E-state index in [1.807, 2.05) is 29.6 Å². The first-order chi connectivity index (χ1) is 19.9. The standard InChI is InChI=1S/C32H40N4O3S2/c1-21(19-38-20-36-22(2)6-4-7-23(36)3)34-24-10-11-28-30(16-24)40-29-9-5-8-26(32(29)41-28)27-18-35(14-15-39-27)25-12-13-33-31(37)17-25/h5,8-13,16-17,21-23,27,34H,4,6-7,14-15,18-20H2,1-3H3,(H,33,37)/t21?,22-,23+,27?. The molecule has 2 saturated heterocycles. The van der Waals surface area contributed by atoms with Gasteiger partial charge in [-0.15, -0.1) is 0 Å². The number of rotatable bonds is 8. The number of morpholine rings is 1. The molecule has 4 atom stereocenters. The van der Waals surface area contributed by atoms with Crippen LogP contribution in [0.1, 0.15) is 51.7 Å². The summed E-state index contributed by atoms with van der Waals surface area (Å²) >= 11 is 3.65. The summed E-state index contributed by atoms with van der Waals surface area (Å²) in [4.78, 5) is 24.4. The van der Waals surface area contributed by atoms with Crippen LogP contribution in [-0.4, -0.2) is 61.0 Å². The first-order valence-corrected chi connectivity index (χ1v) is 16.4. The van der Waals surface area contributed by atoms with Crippen LogP contribution in [-0.2, 0) is 9.47 Å². The van der Waals surface area contributed by atoms with Crippen molar-refractivity contribution >= 4 is 34.9 Å². The predicted molar refractivity (Wildman–Crippen MR) is 168 cm³/mol. The molecule has 218 valence electrons. The molecule has 7 nitrogen and oxygen atoms in total. The molecule has 3 aliphatic rings. The number of benzene rings is 2. The number of hydrogen-bond acceptors (Lipinski definition) is 8. The summed E-state index contributed by atoms with van der Waals surface area (Å²) in [5.41, 5.74) is 3.19. The molecule has 0 radical (unpaired) electrons. The van der Waals surface area contributed by atoms with Gasteiger partial charge in [-0.2, -0.15) is 0 Å². The van der Waals surface area contributed by atoms with Gasteiger partial charge in [-0.05, 0) is 69.5 Å². The quantitative estimate of drug-likeness (QED) is 0.237. The van der Waals surface area contributed by atoms with Gasteiger partial charge < -0.3 is 24.7 Å². The number of anilines is 2. The summed E-state index contributed by atoms with van der Waals surface area (Å²) in [6, 6.07) is 18.2. The van der Waals surface area contributed by atoms with E-state index in [1.165, 1.54) is 44.4 Å². The van der Waals surface area contributed by atoms with Crippen LogP contribution in [0.25, 0.3) is 0 Å². The van der Waals surface area contributed by atoms with Gasteiger partial charge in [0.05, 0.1) is 19.9 Å². The van der Waals surface area contributed by atoms with Crippen molar-refractivity contribution in [1.82, 2.24) is 9.88 Å². The van der Waals surface area contributed by atoms with Gasteiger partial charge in [0.1, 0.15) is 6.10 Å². The average Bonchev–Trinajstić information content (AvgIpc) is 2.97. The molecule has 0 amide bonds. The highest BCUT2D eigenvalue weighted by Crippen LogP contribution is 2.51.